The summed E-state index contributed by atoms with van der Waals surface area (Å²) in [6.07, 6.45) is 7.57. The van der Waals surface area contributed by atoms with E-state index in [9.17, 15) is 9.90 Å². The van der Waals surface area contributed by atoms with E-state index in [1.165, 1.54) is 31.3 Å². The van der Waals surface area contributed by atoms with Crippen LogP contribution in [0.15, 0.2) is 23.8 Å². The summed E-state index contributed by atoms with van der Waals surface area (Å²) in [5.74, 6) is 0.589. The highest BCUT2D eigenvalue weighted by Crippen LogP contribution is 2.61. The lowest BCUT2D eigenvalue weighted by Gasteiger charge is -2.58. The van der Waals surface area contributed by atoms with E-state index in [0.717, 1.165) is 6.42 Å². The molecule has 1 N–H and O–H groups in total. The first-order valence-electron chi connectivity index (χ1n) is 8.98. The molecule has 0 aromatic carbocycles. The van der Waals surface area contributed by atoms with E-state index in [1.807, 2.05) is 0 Å². The van der Waals surface area contributed by atoms with E-state index >= 15 is 0 Å². The molecule has 3 nitrogen and oxygen atoms in total. The van der Waals surface area contributed by atoms with Crippen molar-refractivity contribution in [2.45, 2.75) is 65.4 Å². The summed E-state index contributed by atoms with van der Waals surface area (Å²) in [6, 6.07) is 0. The molecule has 2 saturated carbocycles. The predicted octanol–water partition coefficient (Wildman–Crippen LogP) is 4.02. The van der Waals surface area contributed by atoms with Crippen molar-refractivity contribution in [3.63, 3.8) is 0 Å². The van der Waals surface area contributed by atoms with Crippen molar-refractivity contribution in [2.75, 3.05) is 6.61 Å². The number of fused-ring (bicyclic) bond motifs is 1. The molecule has 3 aliphatic rings. The van der Waals surface area contributed by atoms with Crippen LogP contribution in [-0.2, 0) is 9.53 Å². The lowest BCUT2D eigenvalue weighted by molar-refractivity contribution is -0.137. The number of carbonyl (C=O) groups is 1. The molecule has 1 unspecified atom stereocenters. The smallest absolute Gasteiger partial charge is 0.336 e. The van der Waals surface area contributed by atoms with E-state index in [2.05, 4.69) is 27.4 Å². The summed E-state index contributed by atoms with van der Waals surface area (Å²) < 4.78 is 4.95. The molecule has 1 heterocycles. The molecule has 4 atom stereocenters. The van der Waals surface area contributed by atoms with Crippen LogP contribution in [-0.4, -0.2) is 23.8 Å². The molecule has 0 spiro atoms. The van der Waals surface area contributed by atoms with E-state index in [1.54, 1.807) is 6.08 Å². The highest BCUT2D eigenvalue weighted by Gasteiger charge is 2.53. The molecular formula is C20H30O3. The zero-order chi connectivity index (χ0) is 16.8. The van der Waals surface area contributed by atoms with E-state index in [4.69, 9.17) is 4.74 Å². The summed E-state index contributed by atoms with van der Waals surface area (Å²) >= 11 is 0. The monoisotopic (exact) mass is 318 g/mol. The Morgan fingerprint density at radius 1 is 1.39 bits per heavy atom. The van der Waals surface area contributed by atoms with Gasteiger partial charge in [-0.3, -0.25) is 0 Å². The van der Waals surface area contributed by atoms with Gasteiger partial charge in [0.15, 0.2) is 0 Å². The Morgan fingerprint density at radius 2 is 2.13 bits per heavy atom. The van der Waals surface area contributed by atoms with E-state index in [0.29, 0.717) is 29.9 Å². The molecule has 0 saturated heterocycles. The van der Waals surface area contributed by atoms with Gasteiger partial charge in [-0.05, 0) is 60.8 Å². The van der Waals surface area contributed by atoms with Crippen LogP contribution in [0.2, 0.25) is 0 Å². The first-order valence-corrected chi connectivity index (χ1v) is 8.98. The summed E-state index contributed by atoms with van der Waals surface area (Å²) in [5.41, 5.74) is 2.23. The Balaban J connectivity index is 1.84. The first kappa shape index (κ1) is 16.8. The molecule has 0 aromatic heterocycles. The van der Waals surface area contributed by atoms with Crippen molar-refractivity contribution >= 4 is 5.97 Å². The van der Waals surface area contributed by atoms with Crippen LogP contribution >= 0.6 is 0 Å². The molecular weight excluding hydrogens is 288 g/mol. The van der Waals surface area contributed by atoms with Gasteiger partial charge in [0, 0.05) is 0 Å². The Morgan fingerprint density at radius 3 is 2.78 bits per heavy atom. The van der Waals surface area contributed by atoms with Crippen LogP contribution < -0.4 is 0 Å². The number of hydrogen-bond acceptors (Lipinski definition) is 3. The Hall–Kier alpha value is -1.09. The third-order valence-corrected chi connectivity index (χ3v) is 6.89. The van der Waals surface area contributed by atoms with Gasteiger partial charge in [-0.15, -0.1) is 0 Å². The van der Waals surface area contributed by atoms with Gasteiger partial charge in [0.05, 0.1) is 11.7 Å². The third-order valence-electron chi connectivity index (χ3n) is 6.89. The zero-order valence-corrected chi connectivity index (χ0v) is 14.7. The number of rotatable bonds is 3. The summed E-state index contributed by atoms with van der Waals surface area (Å²) in [4.78, 5) is 11.7. The Bertz CT molecular complexity index is 545. The molecule has 1 aliphatic heterocycles. The molecule has 0 amide bonds. The van der Waals surface area contributed by atoms with Crippen molar-refractivity contribution in [2.24, 2.45) is 22.7 Å². The maximum Gasteiger partial charge on any atom is 0.336 e. The van der Waals surface area contributed by atoms with Crippen molar-refractivity contribution in [3.8, 4) is 0 Å². The number of cyclic esters (lactones) is 1. The summed E-state index contributed by atoms with van der Waals surface area (Å²) in [6.45, 7) is 11.8. The van der Waals surface area contributed by atoms with E-state index < -0.39 is 6.10 Å². The summed E-state index contributed by atoms with van der Waals surface area (Å²) in [5, 5.41) is 10.6. The van der Waals surface area contributed by atoms with Crippen LogP contribution in [0, 0.1) is 22.7 Å². The van der Waals surface area contributed by atoms with Gasteiger partial charge in [-0.2, -0.15) is 0 Å². The quantitative estimate of drug-likeness (QED) is 0.631. The number of hydrogen-bond donors (Lipinski definition) is 1. The molecule has 0 radical (unpaired) electrons. The van der Waals surface area contributed by atoms with Crippen molar-refractivity contribution < 1.29 is 14.6 Å². The molecule has 128 valence electrons. The summed E-state index contributed by atoms with van der Waals surface area (Å²) in [7, 11) is 0. The van der Waals surface area contributed by atoms with Gasteiger partial charge in [-0.25, -0.2) is 4.79 Å². The number of aliphatic hydroxyl groups excluding tert-OH is 1. The highest BCUT2D eigenvalue weighted by atomic mass is 16.5. The standard InChI is InChI=1S/C20H30O3/c1-13-6-7-17-19(2,3)9-5-10-20(17,4)15(13)12-16(21)14-8-11-23-18(14)22/h8,15-17,21H,1,5-7,9-12H2,2-4H3/t15-,16?,17-,20-/m1/s1. The molecule has 0 aromatic rings. The Kier molecular flexibility index (Phi) is 4.20. The van der Waals surface area contributed by atoms with Crippen molar-refractivity contribution in [1.29, 1.82) is 0 Å². The predicted molar refractivity (Wildman–Crippen MR) is 90.8 cm³/mol. The second kappa shape index (κ2) is 5.77. The van der Waals surface area contributed by atoms with E-state index in [-0.39, 0.29) is 17.3 Å². The normalized spacial score (nSPS) is 37.8. The second-order valence-corrected chi connectivity index (χ2v) is 8.66. The minimum Gasteiger partial charge on any atom is -0.458 e. The van der Waals surface area contributed by atoms with Crippen LogP contribution in [0.5, 0.6) is 0 Å². The fourth-order valence-electron chi connectivity index (χ4n) is 5.71. The number of aliphatic hydroxyl groups is 1. The fraction of sp³-hybridized carbons (Fsp3) is 0.750. The van der Waals surface area contributed by atoms with Gasteiger partial charge in [0.1, 0.15) is 6.61 Å². The topological polar surface area (TPSA) is 46.5 Å². The molecule has 2 fully saturated rings. The number of allylic oxidation sites excluding steroid dienone is 1. The lowest BCUT2D eigenvalue weighted by atomic mass is 9.47. The number of carbonyl (C=O) groups excluding carboxylic acids is 1. The number of ether oxygens (including phenoxy) is 1. The van der Waals surface area contributed by atoms with Crippen molar-refractivity contribution in [3.05, 3.63) is 23.8 Å². The SMILES string of the molecule is C=C1CC[C@@H]2C(C)(C)CCC[C@]2(C)[C@@H]1CC(O)C1=CCOC1=O. The average molecular weight is 318 g/mol. The van der Waals surface area contributed by atoms with Crippen LogP contribution in [0.25, 0.3) is 0 Å². The minimum atomic E-state index is -0.729. The highest BCUT2D eigenvalue weighted by molar-refractivity contribution is 5.91. The van der Waals surface area contributed by atoms with Crippen LogP contribution in [0.1, 0.15) is 59.3 Å². The van der Waals surface area contributed by atoms with Gasteiger partial charge in [-0.1, -0.05) is 39.3 Å². The molecule has 0 bridgehead atoms. The fourth-order valence-corrected chi connectivity index (χ4v) is 5.71. The van der Waals surface area contributed by atoms with Gasteiger partial charge in [0.2, 0.25) is 0 Å². The van der Waals surface area contributed by atoms with Gasteiger partial charge < -0.3 is 9.84 Å². The first-order chi connectivity index (χ1) is 10.8. The second-order valence-electron chi connectivity index (χ2n) is 8.66. The maximum absolute atomic E-state index is 11.7. The molecule has 3 rings (SSSR count). The van der Waals surface area contributed by atoms with Crippen molar-refractivity contribution in [1.82, 2.24) is 0 Å². The largest absolute Gasteiger partial charge is 0.458 e. The molecule has 3 heteroatoms. The minimum absolute atomic E-state index is 0.182. The van der Waals surface area contributed by atoms with Gasteiger partial charge >= 0.3 is 5.97 Å². The molecule has 23 heavy (non-hydrogen) atoms. The third kappa shape index (κ3) is 2.77. The molecule has 2 aliphatic carbocycles. The average Bonchev–Trinajstić information content (AvgIpc) is 2.88. The lowest BCUT2D eigenvalue weighted by Crippen LogP contribution is -2.50. The van der Waals surface area contributed by atoms with Crippen LogP contribution in [0.4, 0.5) is 0 Å². The zero-order valence-electron chi connectivity index (χ0n) is 14.7. The van der Waals surface area contributed by atoms with Crippen LogP contribution in [0.3, 0.4) is 0 Å². The Labute approximate surface area is 139 Å². The number of esters is 1. The maximum atomic E-state index is 11.7. The van der Waals surface area contributed by atoms with Gasteiger partial charge in [0.25, 0.3) is 0 Å².